The quantitative estimate of drug-likeness (QED) is 0.320. The van der Waals surface area contributed by atoms with Gasteiger partial charge < -0.3 is 20.1 Å². The fraction of sp³-hybridized carbons (Fsp3) is 0.650. The third kappa shape index (κ3) is 6.76. The van der Waals surface area contributed by atoms with Crippen molar-refractivity contribution in [3.05, 3.63) is 34.9 Å². The molecule has 2 unspecified atom stereocenters. The summed E-state index contributed by atoms with van der Waals surface area (Å²) in [4.78, 5) is 4.84. The van der Waals surface area contributed by atoms with Gasteiger partial charge in [-0.2, -0.15) is 0 Å². The van der Waals surface area contributed by atoms with Gasteiger partial charge in [0.05, 0.1) is 25.9 Å². The van der Waals surface area contributed by atoms with Crippen LogP contribution in [0.4, 0.5) is 0 Å². The van der Waals surface area contributed by atoms with Crippen molar-refractivity contribution in [2.24, 2.45) is 4.99 Å². The van der Waals surface area contributed by atoms with Gasteiger partial charge in [-0.05, 0) is 50.8 Å². The van der Waals surface area contributed by atoms with Crippen LogP contribution in [0.5, 0.6) is 0 Å². The number of hydrogen-bond acceptors (Lipinski definition) is 3. The van der Waals surface area contributed by atoms with Gasteiger partial charge in [0.15, 0.2) is 5.96 Å². The first-order valence-corrected chi connectivity index (χ1v) is 9.99. The van der Waals surface area contributed by atoms with Crippen LogP contribution in [-0.2, 0) is 14.9 Å². The highest BCUT2D eigenvalue weighted by Gasteiger charge is 2.44. The predicted molar refractivity (Wildman–Crippen MR) is 122 cm³/mol. The van der Waals surface area contributed by atoms with E-state index in [0.29, 0.717) is 13.2 Å². The summed E-state index contributed by atoms with van der Waals surface area (Å²) < 4.78 is 11.3. The molecule has 0 aromatic heterocycles. The fourth-order valence-corrected chi connectivity index (χ4v) is 3.45. The van der Waals surface area contributed by atoms with Crippen molar-refractivity contribution in [3.8, 4) is 0 Å². The second-order valence-corrected chi connectivity index (χ2v) is 7.79. The van der Waals surface area contributed by atoms with Gasteiger partial charge in [-0.1, -0.05) is 23.7 Å². The smallest absolute Gasteiger partial charge is 0.191 e. The summed E-state index contributed by atoms with van der Waals surface area (Å²) in [6, 6.07) is 8.37. The molecule has 2 N–H and O–H groups in total. The Morgan fingerprint density at radius 1 is 1.44 bits per heavy atom. The third-order valence-electron chi connectivity index (χ3n) is 5.03. The molecule has 0 spiro atoms. The Kier molecular flexibility index (Phi) is 9.11. The molecule has 0 bridgehead atoms. The van der Waals surface area contributed by atoms with Crippen molar-refractivity contribution in [2.75, 3.05) is 32.9 Å². The Bertz CT molecular complexity index is 619. The molecule has 1 saturated heterocycles. The molecular weight excluding hydrogens is 477 g/mol. The lowest BCUT2D eigenvalue weighted by Gasteiger charge is -2.21. The Hall–Kier alpha value is -0.570. The van der Waals surface area contributed by atoms with Gasteiger partial charge >= 0.3 is 0 Å². The first kappa shape index (κ1) is 22.7. The van der Waals surface area contributed by atoms with E-state index in [2.05, 4.69) is 36.6 Å². The number of benzene rings is 1. The molecule has 7 heteroatoms. The second-order valence-electron chi connectivity index (χ2n) is 7.35. The predicted octanol–water partition coefficient (Wildman–Crippen LogP) is 3.74. The number of hydrogen-bond donors (Lipinski definition) is 2. The van der Waals surface area contributed by atoms with E-state index in [0.717, 1.165) is 49.9 Å². The lowest BCUT2D eigenvalue weighted by atomic mass is 9.96. The maximum atomic E-state index is 6.17. The molecule has 1 aromatic carbocycles. The minimum Gasteiger partial charge on any atom is -0.379 e. The van der Waals surface area contributed by atoms with E-state index in [9.17, 15) is 0 Å². The number of halogens is 2. The van der Waals surface area contributed by atoms with Gasteiger partial charge in [0, 0.05) is 29.6 Å². The van der Waals surface area contributed by atoms with Gasteiger partial charge in [-0.25, -0.2) is 0 Å². The summed E-state index contributed by atoms with van der Waals surface area (Å²) in [6.07, 6.45) is 3.55. The summed E-state index contributed by atoms with van der Waals surface area (Å²) in [6.45, 7) is 7.97. The fourth-order valence-electron chi connectivity index (χ4n) is 3.26. The monoisotopic (exact) mass is 507 g/mol. The van der Waals surface area contributed by atoms with Crippen LogP contribution in [0.15, 0.2) is 29.3 Å². The van der Waals surface area contributed by atoms with Crippen LogP contribution in [0.25, 0.3) is 0 Å². The summed E-state index contributed by atoms with van der Waals surface area (Å²) in [5.74, 6) is 0.847. The van der Waals surface area contributed by atoms with E-state index >= 15 is 0 Å². The standard InChI is InChI=1S/C20H30ClN3O2.HI/c1-3-22-19(24-15(2)12-26-18-7-10-25-13-18)23-14-20(8-9-20)16-5-4-6-17(21)11-16;/h4-6,11,15,18H,3,7-10,12-14H2,1-2H3,(H2,22,23,24);1H. The Balaban J connectivity index is 0.00000261. The number of rotatable bonds is 8. The molecule has 1 aliphatic carbocycles. The second kappa shape index (κ2) is 10.8. The highest BCUT2D eigenvalue weighted by atomic mass is 127. The largest absolute Gasteiger partial charge is 0.379 e. The molecule has 1 heterocycles. The van der Waals surface area contributed by atoms with E-state index in [-0.39, 0.29) is 41.5 Å². The van der Waals surface area contributed by atoms with Crippen LogP contribution in [0.2, 0.25) is 5.02 Å². The van der Waals surface area contributed by atoms with Crippen molar-refractivity contribution in [3.63, 3.8) is 0 Å². The Morgan fingerprint density at radius 2 is 2.26 bits per heavy atom. The molecule has 27 heavy (non-hydrogen) atoms. The molecule has 0 radical (unpaired) electrons. The van der Waals surface area contributed by atoms with E-state index in [1.54, 1.807) is 0 Å². The summed E-state index contributed by atoms with van der Waals surface area (Å²) in [5.41, 5.74) is 1.44. The lowest BCUT2D eigenvalue weighted by molar-refractivity contribution is 0.0347. The van der Waals surface area contributed by atoms with Gasteiger partial charge in [0.2, 0.25) is 0 Å². The minimum absolute atomic E-state index is 0. The molecule has 1 aliphatic heterocycles. The van der Waals surface area contributed by atoms with Crippen molar-refractivity contribution >= 4 is 41.5 Å². The van der Waals surface area contributed by atoms with Crippen LogP contribution in [0, 0.1) is 0 Å². The lowest BCUT2D eigenvalue weighted by Crippen LogP contribution is -2.45. The molecule has 0 amide bonds. The zero-order chi connectivity index (χ0) is 18.4. The van der Waals surface area contributed by atoms with Crippen LogP contribution in [0.1, 0.15) is 38.7 Å². The zero-order valence-corrected chi connectivity index (χ0v) is 19.3. The van der Waals surface area contributed by atoms with E-state index in [4.69, 9.17) is 26.1 Å². The number of guanidine groups is 1. The van der Waals surface area contributed by atoms with Crippen LogP contribution < -0.4 is 10.6 Å². The van der Waals surface area contributed by atoms with Crippen molar-refractivity contribution in [1.82, 2.24) is 10.6 Å². The third-order valence-corrected chi connectivity index (χ3v) is 5.26. The van der Waals surface area contributed by atoms with Crippen LogP contribution in [-0.4, -0.2) is 51.0 Å². The van der Waals surface area contributed by atoms with Crippen molar-refractivity contribution < 1.29 is 9.47 Å². The van der Waals surface area contributed by atoms with Gasteiger partial charge in [-0.15, -0.1) is 24.0 Å². The average Bonchev–Trinajstić information content (AvgIpc) is 3.24. The molecule has 2 atom stereocenters. The van der Waals surface area contributed by atoms with E-state index < -0.39 is 0 Å². The number of aliphatic imine (C=N–C) groups is 1. The van der Waals surface area contributed by atoms with Crippen molar-refractivity contribution in [2.45, 2.75) is 50.7 Å². The van der Waals surface area contributed by atoms with Gasteiger partial charge in [0.25, 0.3) is 0 Å². The summed E-state index contributed by atoms with van der Waals surface area (Å²) >= 11 is 6.17. The maximum Gasteiger partial charge on any atom is 0.191 e. The molecule has 2 fully saturated rings. The molecule has 152 valence electrons. The van der Waals surface area contributed by atoms with Crippen molar-refractivity contribution in [1.29, 1.82) is 0 Å². The highest BCUT2D eigenvalue weighted by molar-refractivity contribution is 14.0. The maximum absolute atomic E-state index is 6.17. The highest BCUT2D eigenvalue weighted by Crippen LogP contribution is 2.48. The average molecular weight is 508 g/mol. The molecule has 1 saturated carbocycles. The SMILES string of the molecule is CCNC(=NCC1(c2cccc(Cl)c2)CC1)NC(C)COC1CCOC1.I. The van der Waals surface area contributed by atoms with E-state index in [1.807, 2.05) is 12.1 Å². The first-order valence-electron chi connectivity index (χ1n) is 9.61. The van der Waals surface area contributed by atoms with Gasteiger partial charge in [0.1, 0.15) is 0 Å². The number of nitrogens with one attached hydrogen (secondary N) is 2. The molecule has 3 rings (SSSR count). The summed E-state index contributed by atoms with van der Waals surface area (Å²) in [5, 5.41) is 7.59. The normalized spacial score (nSPS) is 22.0. The molecule has 1 aromatic rings. The number of ether oxygens (including phenoxy) is 2. The van der Waals surface area contributed by atoms with Crippen LogP contribution >= 0.6 is 35.6 Å². The first-order chi connectivity index (χ1) is 12.6. The van der Waals surface area contributed by atoms with Gasteiger partial charge in [-0.3, -0.25) is 4.99 Å². The summed E-state index contributed by atoms with van der Waals surface area (Å²) in [7, 11) is 0. The topological polar surface area (TPSA) is 54.9 Å². The minimum atomic E-state index is 0. The molecular formula is C20H31ClIN3O2. The molecule has 2 aliphatic rings. The Morgan fingerprint density at radius 3 is 2.89 bits per heavy atom. The van der Waals surface area contributed by atoms with Crippen LogP contribution in [0.3, 0.4) is 0 Å². The molecule has 5 nitrogen and oxygen atoms in total. The number of nitrogens with zero attached hydrogens (tertiary/aromatic N) is 1. The zero-order valence-electron chi connectivity index (χ0n) is 16.2. The Labute approximate surface area is 184 Å². The van der Waals surface area contributed by atoms with E-state index in [1.165, 1.54) is 5.56 Å².